The molecule has 0 aromatic heterocycles. The minimum atomic E-state index is 0. The van der Waals surface area contributed by atoms with Crippen LogP contribution >= 0.6 is 0 Å². The first-order valence-corrected chi connectivity index (χ1v) is 4.01. The van der Waals surface area contributed by atoms with Crippen molar-refractivity contribution in [2.75, 3.05) is 21.1 Å². The van der Waals surface area contributed by atoms with E-state index in [-0.39, 0.29) is 30.1 Å². The zero-order valence-corrected chi connectivity index (χ0v) is 10.8. The summed E-state index contributed by atoms with van der Waals surface area (Å²) in [6, 6.07) is 0. The molecule has 4 heteroatoms. The van der Waals surface area contributed by atoms with E-state index >= 15 is 0 Å². The molecule has 12 heavy (non-hydrogen) atoms. The summed E-state index contributed by atoms with van der Waals surface area (Å²) in [7, 11) is 6.32. The molecule has 0 heterocycles. The van der Waals surface area contributed by atoms with Gasteiger partial charge < -0.3 is 34.2 Å². The normalized spacial score (nSPS) is 15.2. The standard InChI is InChI=1S/C8H20N3.HI/c1-6-8(9)10-7(2)11(3,4)5;/h7H,6H2,1-5H3,(H2,9,10);1H/q+1;/p-1. The Morgan fingerprint density at radius 2 is 1.83 bits per heavy atom. The Morgan fingerprint density at radius 3 is 2.08 bits per heavy atom. The van der Waals surface area contributed by atoms with Crippen molar-refractivity contribution in [3.05, 3.63) is 0 Å². The maximum absolute atomic E-state index is 5.61. The Balaban J connectivity index is 0. The average Bonchev–Trinajstić information content (AvgIpc) is 1.85. The second-order valence-electron chi connectivity index (χ2n) is 3.72. The molecule has 1 atom stereocenters. The number of halogens is 1. The molecule has 0 bridgehead atoms. The van der Waals surface area contributed by atoms with E-state index in [0.717, 1.165) is 16.7 Å². The second-order valence-corrected chi connectivity index (χ2v) is 3.72. The molecule has 2 N–H and O–H groups in total. The first-order valence-electron chi connectivity index (χ1n) is 4.01. The third kappa shape index (κ3) is 5.77. The number of rotatable bonds is 3. The van der Waals surface area contributed by atoms with E-state index in [1.54, 1.807) is 0 Å². The van der Waals surface area contributed by atoms with Gasteiger partial charge in [-0.25, -0.2) is 4.99 Å². The van der Waals surface area contributed by atoms with Crippen LogP contribution < -0.4 is 29.7 Å². The van der Waals surface area contributed by atoms with Gasteiger partial charge in [0, 0.05) is 13.3 Å². The summed E-state index contributed by atoms with van der Waals surface area (Å²) in [5, 5.41) is 0. The molecule has 0 aliphatic carbocycles. The van der Waals surface area contributed by atoms with Crippen LogP contribution in [0.25, 0.3) is 0 Å². The zero-order valence-electron chi connectivity index (χ0n) is 8.63. The number of nitrogens with two attached hydrogens (primary N) is 1. The van der Waals surface area contributed by atoms with Gasteiger partial charge in [-0.15, -0.1) is 0 Å². The molecular formula is C8H20IN3. The molecule has 0 fully saturated rings. The van der Waals surface area contributed by atoms with Gasteiger partial charge in [0.25, 0.3) is 0 Å². The number of nitrogens with zero attached hydrogens (tertiary/aromatic N) is 2. The lowest BCUT2D eigenvalue weighted by Crippen LogP contribution is -3.00. The molecule has 0 amide bonds. The van der Waals surface area contributed by atoms with Gasteiger partial charge in [-0.3, -0.25) is 0 Å². The van der Waals surface area contributed by atoms with Gasteiger partial charge in [-0.1, -0.05) is 6.92 Å². The molecule has 3 nitrogen and oxygen atoms in total. The predicted molar refractivity (Wildman–Crippen MR) is 49.4 cm³/mol. The van der Waals surface area contributed by atoms with Gasteiger partial charge >= 0.3 is 0 Å². The van der Waals surface area contributed by atoms with Crippen molar-refractivity contribution >= 4 is 5.84 Å². The third-order valence-electron chi connectivity index (χ3n) is 1.84. The maximum atomic E-state index is 5.61. The average molecular weight is 285 g/mol. The molecule has 0 aromatic rings. The van der Waals surface area contributed by atoms with Crippen LogP contribution in [0.1, 0.15) is 20.3 Å². The summed E-state index contributed by atoms with van der Waals surface area (Å²) in [4.78, 5) is 4.33. The largest absolute Gasteiger partial charge is 1.00 e. The van der Waals surface area contributed by atoms with Crippen molar-refractivity contribution < 1.29 is 28.5 Å². The minimum Gasteiger partial charge on any atom is -1.00 e. The molecule has 0 radical (unpaired) electrons. The Hall–Kier alpha value is 0.160. The molecule has 0 spiro atoms. The maximum Gasteiger partial charge on any atom is 0.181 e. The Morgan fingerprint density at radius 1 is 1.42 bits per heavy atom. The van der Waals surface area contributed by atoms with Crippen LogP contribution in [-0.2, 0) is 0 Å². The van der Waals surface area contributed by atoms with Crippen molar-refractivity contribution in [1.82, 2.24) is 0 Å². The van der Waals surface area contributed by atoms with E-state index in [1.165, 1.54) is 0 Å². The summed E-state index contributed by atoms with van der Waals surface area (Å²) in [6.45, 7) is 4.09. The Labute approximate surface area is 92.6 Å². The fourth-order valence-electron chi connectivity index (χ4n) is 0.504. The van der Waals surface area contributed by atoms with Crippen LogP contribution in [0.15, 0.2) is 4.99 Å². The molecule has 0 aromatic carbocycles. The number of amidine groups is 1. The van der Waals surface area contributed by atoms with Crippen molar-refractivity contribution in [1.29, 1.82) is 0 Å². The SMILES string of the molecule is CC/C(N)=N/C(C)[N+](C)(C)C.[I-]. The van der Waals surface area contributed by atoms with Crippen LogP contribution in [0.2, 0.25) is 0 Å². The van der Waals surface area contributed by atoms with Crippen molar-refractivity contribution in [2.45, 2.75) is 26.4 Å². The van der Waals surface area contributed by atoms with Gasteiger partial charge in [0.05, 0.1) is 27.0 Å². The van der Waals surface area contributed by atoms with Gasteiger partial charge in [0.1, 0.15) is 0 Å². The van der Waals surface area contributed by atoms with Crippen molar-refractivity contribution in [3.8, 4) is 0 Å². The van der Waals surface area contributed by atoms with Gasteiger partial charge in [-0.2, -0.15) is 0 Å². The molecule has 0 aliphatic heterocycles. The summed E-state index contributed by atoms with van der Waals surface area (Å²) < 4.78 is 0.820. The van der Waals surface area contributed by atoms with Crippen LogP contribution in [0.3, 0.4) is 0 Å². The predicted octanol–water partition coefficient (Wildman–Crippen LogP) is -2.19. The van der Waals surface area contributed by atoms with Gasteiger partial charge in [-0.05, 0) is 0 Å². The zero-order chi connectivity index (χ0) is 9.07. The lowest BCUT2D eigenvalue weighted by Gasteiger charge is -2.28. The fourth-order valence-corrected chi connectivity index (χ4v) is 0.504. The molecule has 1 unspecified atom stereocenters. The summed E-state index contributed by atoms with van der Waals surface area (Å²) in [5.74, 6) is 0.741. The summed E-state index contributed by atoms with van der Waals surface area (Å²) in [6.07, 6.45) is 1.08. The van der Waals surface area contributed by atoms with E-state index in [4.69, 9.17) is 5.73 Å². The number of quaternary nitrogens is 1. The highest BCUT2D eigenvalue weighted by Crippen LogP contribution is 2.02. The molecule has 0 aliphatic rings. The van der Waals surface area contributed by atoms with E-state index in [9.17, 15) is 0 Å². The van der Waals surface area contributed by atoms with Gasteiger partial charge in [0.15, 0.2) is 6.17 Å². The van der Waals surface area contributed by atoms with E-state index in [2.05, 4.69) is 33.1 Å². The van der Waals surface area contributed by atoms with Crippen molar-refractivity contribution in [3.63, 3.8) is 0 Å². The number of aliphatic imine (C=N–C) groups is 1. The van der Waals surface area contributed by atoms with Crippen LogP contribution in [0.5, 0.6) is 0 Å². The number of hydrogen-bond acceptors (Lipinski definition) is 1. The van der Waals surface area contributed by atoms with E-state index < -0.39 is 0 Å². The van der Waals surface area contributed by atoms with Crippen LogP contribution in [-0.4, -0.2) is 37.6 Å². The minimum absolute atomic E-state index is 0. The number of hydrogen-bond donors (Lipinski definition) is 1. The second kappa shape index (κ2) is 5.75. The first-order chi connectivity index (χ1) is 4.88. The van der Waals surface area contributed by atoms with Crippen molar-refractivity contribution in [2.24, 2.45) is 10.7 Å². The molecule has 0 saturated carbocycles. The quantitative estimate of drug-likeness (QED) is 0.272. The molecular weight excluding hydrogens is 265 g/mol. The lowest BCUT2D eigenvalue weighted by atomic mass is 10.4. The molecule has 0 saturated heterocycles. The Kier molecular flexibility index (Phi) is 7.02. The van der Waals surface area contributed by atoms with E-state index in [0.29, 0.717) is 0 Å². The highest BCUT2D eigenvalue weighted by molar-refractivity contribution is 5.79. The summed E-state index contributed by atoms with van der Waals surface area (Å²) in [5.41, 5.74) is 5.61. The Bertz CT molecular complexity index is 149. The summed E-state index contributed by atoms with van der Waals surface area (Å²) >= 11 is 0. The molecule has 74 valence electrons. The highest BCUT2D eigenvalue weighted by atomic mass is 127. The van der Waals surface area contributed by atoms with Crippen LogP contribution in [0, 0.1) is 0 Å². The highest BCUT2D eigenvalue weighted by Gasteiger charge is 2.16. The third-order valence-corrected chi connectivity index (χ3v) is 1.84. The van der Waals surface area contributed by atoms with Crippen LogP contribution in [0.4, 0.5) is 0 Å². The monoisotopic (exact) mass is 285 g/mol. The molecule has 0 rings (SSSR count). The topological polar surface area (TPSA) is 38.4 Å². The first kappa shape index (κ1) is 14.7. The fraction of sp³-hybridized carbons (Fsp3) is 0.875. The lowest BCUT2D eigenvalue weighted by molar-refractivity contribution is -0.893. The van der Waals surface area contributed by atoms with Gasteiger partial charge in [0.2, 0.25) is 0 Å². The van der Waals surface area contributed by atoms with E-state index in [1.807, 2.05) is 6.92 Å². The smallest absolute Gasteiger partial charge is 0.181 e.